The number of pyridine rings is 3. The lowest BCUT2D eigenvalue weighted by atomic mass is 9.65. The Labute approximate surface area is 812 Å². The molecular weight excluding hydrogens is 1680 g/mol. The highest BCUT2D eigenvalue weighted by Crippen LogP contribution is 2.60. The average molecular weight is 1790 g/mol. The molecule has 138 heavy (non-hydrogen) atoms. The summed E-state index contributed by atoms with van der Waals surface area (Å²) in [6.07, 6.45) is 7.40. The first-order valence-corrected chi connectivity index (χ1v) is 48.4. The largest absolute Gasteiger partial charge is 0.309 e. The molecule has 0 bridgehead atoms. The summed E-state index contributed by atoms with van der Waals surface area (Å²) >= 11 is 0. The van der Waals surface area contributed by atoms with Gasteiger partial charge in [0.1, 0.15) is 0 Å². The van der Waals surface area contributed by atoms with E-state index >= 15 is 0 Å². The Morgan fingerprint density at radius 3 is 0.710 bits per heavy atom. The Morgan fingerprint density at radius 1 is 0.217 bits per heavy atom. The minimum absolute atomic E-state index is 0.382. The van der Waals surface area contributed by atoms with Gasteiger partial charge in [0.15, 0.2) is 0 Å². The van der Waals surface area contributed by atoms with Gasteiger partial charge in [0.25, 0.3) is 0 Å². The fourth-order valence-corrected chi connectivity index (χ4v) is 24.0. The van der Waals surface area contributed by atoms with Gasteiger partial charge >= 0.3 is 0 Å². The number of nitrogens with zero attached hydrogens (tertiary/aromatic N) is 9. The molecule has 0 spiro atoms. The zero-order chi connectivity index (χ0) is 94.4. The average Bonchev–Trinajstić information content (AvgIpc) is 1.57. The molecule has 9 heteroatoms. The minimum atomic E-state index is -0.844. The Hall–Kier alpha value is -15.8. The summed E-state index contributed by atoms with van der Waals surface area (Å²) in [5.74, 6) is 0. The molecule has 4 aliphatic carbocycles. The Balaban J connectivity index is 0.760. The Morgan fingerprint density at radius 2 is 0.449 bits per heavy atom. The van der Waals surface area contributed by atoms with Crippen LogP contribution in [0.1, 0.15) is 152 Å². The molecule has 0 unspecified atom stereocenters. The number of aromatic nitrogens is 3. The molecule has 22 rings (SSSR count). The van der Waals surface area contributed by atoms with Crippen LogP contribution in [0.5, 0.6) is 0 Å². The van der Waals surface area contributed by atoms with Crippen LogP contribution in [-0.4, -0.2) is 48.7 Å². The smallest absolute Gasteiger partial charge is 0.0702 e. The molecule has 0 saturated heterocycles. The maximum Gasteiger partial charge on any atom is 0.0702 e. The van der Waals surface area contributed by atoms with E-state index in [1.807, 2.05) is 36.8 Å². The highest BCUT2D eigenvalue weighted by Gasteiger charge is 2.51. The molecule has 1 saturated carbocycles. The van der Waals surface area contributed by atoms with Gasteiger partial charge in [-0.1, -0.05) is 333 Å². The predicted molar refractivity (Wildman–Crippen MR) is 578 cm³/mol. The van der Waals surface area contributed by atoms with Gasteiger partial charge < -0.3 is 14.7 Å². The van der Waals surface area contributed by atoms with Gasteiger partial charge in [-0.2, -0.15) is 0 Å². The van der Waals surface area contributed by atoms with Crippen LogP contribution in [0.15, 0.2) is 434 Å². The first-order valence-electron chi connectivity index (χ1n) is 48.4. The summed E-state index contributed by atoms with van der Waals surface area (Å²) in [6.45, 7) is 28.3. The highest BCUT2D eigenvalue weighted by molar-refractivity contribution is 6.10. The van der Waals surface area contributed by atoms with Crippen LogP contribution in [0.3, 0.4) is 0 Å². The van der Waals surface area contributed by atoms with E-state index in [9.17, 15) is 0 Å². The summed E-state index contributed by atoms with van der Waals surface area (Å²) in [7, 11) is 0. The molecule has 0 aliphatic heterocycles. The zero-order valence-electron chi connectivity index (χ0n) is 80.5. The first-order chi connectivity index (χ1) is 67.0. The van der Waals surface area contributed by atoms with Crippen molar-refractivity contribution in [1.29, 1.82) is 0 Å². The molecule has 0 radical (unpaired) electrons. The molecule has 672 valence electrons. The van der Waals surface area contributed by atoms with E-state index in [2.05, 4.69) is 480 Å². The van der Waals surface area contributed by atoms with Crippen LogP contribution in [0.2, 0.25) is 0 Å². The van der Waals surface area contributed by atoms with Gasteiger partial charge in [-0.25, -0.2) is 0 Å². The third kappa shape index (κ3) is 15.7. The van der Waals surface area contributed by atoms with Gasteiger partial charge in [0, 0.05) is 102 Å². The van der Waals surface area contributed by atoms with E-state index in [1.54, 1.807) is 0 Å². The summed E-state index contributed by atoms with van der Waals surface area (Å²) in [4.78, 5) is 42.1. The van der Waals surface area contributed by atoms with E-state index in [-0.39, 0.29) is 16.2 Å². The molecule has 0 amide bonds. The summed E-state index contributed by atoms with van der Waals surface area (Å²) in [5.41, 5.74) is 38.8. The first kappa shape index (κ1) is 87.5. The molecule has 3 aromatic heterocycles. The third-order valence-electron chi connectivity index (χ3n) is 29.5. The Bertz CT molecular complexity index is 7050. The number of hydrogen-bond acceptors (Lipinski definition) is 9. The minimum Gasteiger partial charge on any atom is -0.309 e. The van der Waals surface area contributed by atoms with Crippen molar-refractivity contribution in [2.75, 3.05) is 14.7 Å². The lowest BCUT2D eigenvalue weighted by Gasteiger charge is -2.49. The van der Waals surface area contributed by atoms with Gasteiger partial charge in [0.2, 0.25) is 0 Å². The lowest BCUT2D eigenvalue weighted by molar-refractivity contribution is 0.148. The molecule has 0 N–H and O–H groups in total. The second-order valence-electron chi connectivity index (χ2n) is 40.3. The van der Waals surface area contributed by atoms with Crippen LogP contribution in [0, 0.1) is 0 Å². The van der Waals surface area contributed by atoms with Gasteiger partial charge in [-0.05, 0) is 270 Å². The number of anilines is 9. The topological polar surface area (TPSA) is 85.5 Å². The van der Waals surface area contributed by atoms with Crippen LogP contribution in [0.4, 0.5) is 51.2 Å². The molecule has 18 aromatic rings. The molecule has 1 fully saturated rings. The summed E-state index contributed by atoms with van der Waals surface area (Å²) < 4.78 is 0. The van der Waals surface area contributed by atoms with Crippen molar-refractivity contribution in [3.63, 3.8) is 0 Å². The van der Waals surface area contributed by atoms with Crippen molar-refractivity contribution in [2.45, 2.75) is 135 Å². The standard InChI is InChI=1S/C129H111N9/c1-85(100-73-64-94(112-52-28-31-76-130-112)79-118(100)136(97-67-58-91(59-68-97)88-37-16-13-17-38-88)115-55-34-46-106-103-43-22-25-49-109(103)124(4,5)121(106)115)133-127(10)82-128(11,134-86(2)101-74-65-95(113-53-29-32-77-131-113)80-119(101)137(98-69-60-92(61-70-98)89-39-18-14-19-40-89)116-56-35-47-107-104-44-23-26-50-110(104)125(6,7)122(107)116)84-129(12,83-127)135-87(3)102-75-66-96(114-54-30-33-78-132-114)81-120(102)138(99-71-62-93(63-72-99)90-41-20-15-21-42-90)117-57-36-48-108-105-45-24-27-51-111(105)126(8,9)123(108)117/h13-81H,82-84H2,1-12H3. The second kappa shape index (κ2) is 34.8. The zero-order valence-corrected chi connectivity index (χ0v) is 80.5. The van der Waals surface area contributed by atoms with E-state index in [0.717, 1.165) is 152 Å². The van der Waals surface area contributed by atoms with Crippen molar-refractivity contribution in [3.8, 4) is 101 Å². The van der Waals surface area contributed by atoms with Crippen molar-refractivity contribution >= 4 is 68.3 Å². The second-order valence-corrected chi connectivity index (χ2v) is 40.3. The van der Waals surface area contributed by atoms with Crippen LogP contribution < -0.4 is 14.7 Å². The number of rotatable bonds is 21. The molecular formula is C129H111N9. The molecule has 9 nitrogen and oxygen atoms in total. The van der Waals surface area contributed by atoms with Crippen molar-refractivity contribution < 1.29 is 0 Å². The van der Waals surface area contributed by atoms with Crippen molar-refractivity contribution in [1.82, 2.24) is 15.0 Å². The molecule has 0 atom stereocenters. The normalized spacial score (nSPS) is 17.4. The van der Waals surface area contributed by atoms with E-state index in [0.29, 0.717) is 19.3 Å². The number of fused-ring (bicyclic) bond motifs is 9. The highest BCUT2D eigenvalue weighted by atomic mass is 15.2. The monoisotopic (exact) mass is 1790 g/mol. The summed E-state index contributed by atoms with van der Waals surface area (Å²) in [6, 6.07) is 146. The summed E-state index contributed by atoms with van der Waals surface area (Å²) in [5, 5.41) is 0. The SMILES string of the molecule is CC(=NC1(C)CC(C)(N=C(C)c2ccc(-c3ccccn3)cc2N(c2ccc(-c3ccccc3)cc2)c2cccc3c2C(C)(C)c2ccccc2-3)CC(C)(N=C(C)c2ccc(-c3ccccn3)cc2N(c2ccc(-c3ccccc3)cc2)c2cccc3c2C(C)(C)c2ccccc2-3)C1)c1ccc(-c2ccccn2)cc1N(c1ccc(-c2ccccc2)cc1)c1cccc2c1C(C)(C)c1ccccc1-2. The van der Waals surface area contributed by atoms with Crippen molar-refractivity contribution in [2.24, 2.45) is 15.0 Å². The number of benzene rings is 15. The molecule has 15 aromatic carbocycles. The Kier molecular flexibility index (Phi) is 22.1. The fourth-order valence-electron chi connectivity index (χ4n) is 24.0. The van der Waals surface area contributed by atoms with Gasteiger partial charge in [-0.15, -0.1) is 0 Å². The quantitative estimate of drug-likeness (QED) is 0.0667. The van der Waals surface area contributed by atoms with Crippen LogP contribution in [0.25, 0.3) is 101 Å². The maximum absolute atomic E-state index is 6.44. The number of hydrogen-bond donors (Lipinski definition) is 0. The van der Waals surface area contributed by atoms with Crippen LogP contribution >= 0.6 is 0 Å². The lowest BCUT2D eigenvalue weighted by Crippen LogP contribution is -2.51. The van der Waals surface area contributed by atoms with E-state index in [4.69, 9.17) is 29.9 Å². The van der Waals surface area contributed by atoms with E-state index < -0.39 is 16.6 Å². The van der Waals surface area contributed by atoms with Crippen molar-refractivity contribution in [3.05, 3.63) is 469 Å². The van der Waals surface area contributed by atoms with Gasteiger partial charge in [-0.3, -0.25) is 29.9 Å². The number of aliphatic imine (C=N–C) groups is 3. The fraction of sp³-hybridized carbons (Fsp3) is 0.163. The van der Waals surface area contributed by atoms with E-state index in [1.165, 1.54) is 66.8 Å². The molecule has 3 heterocycles. The molecule has 4 aliphatic rings. The van der Waals surface area contributed by atoms with Gasteiger partial charge in [0.05, 0.1) is 67.8 Å². The maximum atomic E-state index is 6.44. The third-order valence-corrected chi connectivity index (χ3v) is 29.5. The van der Waals surface area contributed by atoms with Crippen LogP contribution in [-0.2, 0) is 16.2 Å². The predicted octanol–water partition coefficient (Wildman–Crippen LogP) is 33.5.